The number of aliphatic hydroxyl groups excluding tert-OH is 1. The molecule has 1 heterocycles. The molecular weight excluding hydrogens is 260 g/mol. The first-order valence-electron chi connectivity index (χ1n) is 7.49. The van der Waals surface area contributed by atoms with Crippen molar-refractivity contribution in [3.05, 3.63) is 72.0 Å². The number of hydrogen-bond acceptors (Lipinski definition) is 2. The first kappa shape index (κ1) is 13.9. The number of benzene rings is 2. The van der Waals surface area contributed by atoms with Crippen molar-refractivity contribution < 1.29 is 9.52 Å². The SMILES string of the molecule is OCC(CCCc1ccc2occc2c1)c1ccccc1. The molecule has 0 aliphatic heterocycles. The molecule has 2 nitrogen and oxygen atoms in total. The van der Waals surface area contributed by atoms with Gasteiger partial charge < -0.3 is 9.52 Å². The fourth-order valence-corrected chi connectivity index (χ4v) is 2.81. The summed E-state index contributed by atoms with van der Waals surface area (Å²) in [6.07, 6.45) is 4.84. The molecule has 1 aromatic heterocycles. The van der Waals surface area contributed by atoms with E-state index in [1.807, 2.05) is 30.3 Å². The van der Waals surface area contributed by atoms with Crippen LogP contribution in [0, 0.1) is 0 Å². The van der Waals surface area contributed by atoms with Crippen molar-refractivity contribution in [1.29, 1.82) is 0 Å². The van der Waals surface area contributed by atoms with Crippen molar-refractivity contribution in [1.82, 2.24) is 0 Å². The highest BCUT2D eigenvalue weighted by molar-refractivity contribution is 5.77. The van der Waals surface area contributed by atoms with Crippen LogP contribution in [-0.4, -0.2) is 11.7 Å². The maximum absolute atomic E-state index is 9.58. The molecule has 0 spiro atoms. The van der Waals surface area contributed by atoms with Crippen LogP contribution in [0.5, 0.6) is 0 Å². The lowest BCUT2D eigenvalue weighted by Crippen LogP contribution is -2.04. The van der Waals surface area contributed by atoms with Gasteiger partial charge in [-0.2, -0.15) is 0 Å². The van der Waals surface area contributed by atoms with Gasteiger partial charge in [-0.1, -0.05) is 36.4 Å². The highest BCUT2D eigenvalue weighted by Crippen LogP contribution is 2.23. The molecule has 0 bridgehead atoms. The molecule has 21 heavy (non-hydrogen) atoms. The molecule has 2 aromatic carbocycles. The monoisotopic (exact) mass is 280 g/mol. The van der Waals surface area contributed by atoms with Crippen molar-refractivity contribution in [2.75, 3.05) is 6.61 Å². The summed E-state index contributed by atoms with van der Waals surface area (Å²) in [6, 6.07) is 18.6. The molecule has 1 unspecified atom stereocenters. The standard InChI is InChI=1S/C19H20O2/c20-14-18(16-6-2-1-3-7-16)8-4-5-15-9-10-19-17(13-15)11-12-21-19/h1-3,6-7,9-13,18,20H,4-5,8,14H2. The summed E-state index contributed by atoms with van der Waals surface area (Å²) in [5.41, 5.74) is 3.50. The first-order valence-corrected chi connectivity index (χ1v) is 7.49. The van der Waals surface area contributed by atoms with E-state index in [9.17, 15) is 5.11 Å². The Bertz CT molecular complexity index is 685. The fourth-order valence-electron chi connectivity index (χ4n) is 2.81. The zero-order valence-corrected chi connectivity index (χ0v) is 12.0. The molecule has 0 aliphatic rings. The summed E-state index contributed by atoms with van der Waals surface area (Å²) in [6.45, 7) is 0.213. The van der Waals surface area contributed by atoms with E-state index in [-0.39, 0.29) is 12.5 Å². The Labute approximate surface area is 125 Å². The van der Waals surface area contributed by atoms with Gasteiger partial charge >= 0.3 is 0 Å². The fraction of sp³-hybridized carbons (Fsp3) is 0.263. The Morgan fingerprint density at radius 1 is 1.00 bits per heavy atom. The third-order valence-electron chi connectivity index (χ3n) is 4.03. The summed E-state index contributed by atoms with van der Waals surface area (Å²) in [7, 11) is 0. The lowest BCUT2D eigenvalue weighted by atomic mass is 9.93. The average molecular weight is 280 g/mol. The molecule has 0 fully saturated rings. The van der Waals surface area contributed by atoms with E-state index < -0.39 is 0 Å². The third kappa shape index (κ3) is 3.34. The molecule has 0 radical (unpaired) electrons. The zero-order valence-electron chi connectivity index (χ0n) is 12.0. The molecule has 0 amide bonds. The van der Waals surface area contributed by atoms with E-state index in [0.717, 1.165) is 30.2 Å². The lowest BCUT2D eigenvalue weighted by molar-refractivity contribution is 0.257. The Morgan fingerprint density at radius 2 is 1.86 bits per heavy atom. The van der Waals surface area contributed by atoms with E-state index >= 15 is 0 Å². The van der Waals surface area contributed by atoms with E-state index in [4.69, 9.17) is 4.42 Å². The van der Waals surface area contributed by atoms with E-state index in [1.165, 1.54) is 11.1 Å². The predicted octanol–water partition coefficient (Wildman–Crippen LogP) is 4.53. The second kappa shape index (κ2) is 6.59. The molecule has 0 saturated carbocycles. The molecule has 0 aliphatic carbocycles. The van der Waals surface area contributed by atoms with Crippen LogP contribution in [-0.2, 0) is 6.42 Å². The van der Waals surface area contributed by atoms with E-state index in [1.54, 1.807) is 6.26 Å². The minimum absolute atomic E-state index is 0.213. The van der Waals surface area contributed by atoms with Crippen LogP contribution in [0.4, 0.5) is 0 Å². The smallest absolute Gasteiger partial charge is 0.133 e. The third-order valence-corrected chi connectivity index (χ3v) is 4.03. The second-order valence-corrected chi connectivity index (χ2v) is 5.48. The number of furan rings is 1. The molecule has 3 rings (SSSR count). The Balaban J connectivity index is 1.59. The van der Waals surface area contributed by atoms with Gasteiger partial charge in [0.05, 0.1) is 6.26 Å². The molecule has 1 N–H and O–H groups in total. The number of rotatable bonds is 6. The number of aryl methyl sites for hydroxylation is 1. The average Bonchev–Trinajstić information content (AvgIpc) is 3.00. The summed E-state index contributed by atoms with van der Waals surface area (Å²) in [5.74, 6) is 0.240. The largest absolute Gasteiger partial charge is 0.464 e. The van der Waals surface area contributed by atoms with E-state index in [0.29, 0.717) is 0 Å². The van der Waals surface area contributed by atoms with Gasteiger partial charge in [0.25, 0.3) is 0 Å². The summed E-state index contributed by atoms with van der Waals surface area (Å²) >= 11 is 0. The van der Waals surface area contributed by atoms with Gasteiger partial charge in [0.2, 0.25) is 0 Å². The van der Waals surface area contributed by atoms with Crippen molar-refractivity contribution in [2.45, 2.75) is 25.2 Å². The van der Waals surface area contributed by atoms with Gasteiger partial charge in [-0.25, -0.2) is 0 Å². The number of hydrogen-bond donors (Lipinski definition) is 1. The second-order valence-electron chi connectivity index (χ2n) is 5.48. The van der Waals surface area contributed by atoms with Crippen LogP contribution < -0.4 is 0 Å². The normalized spacial score (nSPS) is 12.6. The van der Waals surface area contributed by atoms with Crippen molar-refractivity contribution in [3.63, 3.8) is 0 Å². The lowest BCUT2D eigenvalue weighted by Gasteiger charge is -2.14. The molecule has 108 valence electrons. The van der Waals surface area contributed by atoms with Crippen LogP contribution >= 0.6 is 0 Å². The molecule has 1 atom stereocenters. The van der Waals surface area contributed by atoms with Gasteiger partial charge in [0.1, 0.15) is 5.58 Å². The molecule has 3 aromatic rings. The summed E-state index contributed by atoms with van der Waals surface area (Å²) in [5, 5.41) is 10.7. The van der Waals surface area contributed by atoms with Crippen LogP contribution in [0.2, 0.25) is 0 Å². The quantitative estimate of drug-likeness (QED) is 0.719. The molecule has 2 heteroatoms. The van der Waals surface area contributed by atoms with Crippen molar-refractivity contribution >= 4 is 11.0 Å². The summed E-state index contributed by atoms with van der Waals surface area (Å²) < 4.78 is 5.36. The maximum Gasteiger partial charge on any atom is 0.133 e. The van der Waals surface area contributed by atoms with Crippen LogP contribution in [0.25, 0.3) is 11.0 Å². The van der Waals surface area contributed by atoms with Gasteiger partial charge in [0.15, 0.2) is 0 Å². The Hall–Kier alpha value is -2.06. The van der Waals surface area contributed by atoms with Crippen LogP contribution in [0.1, 0.15) is 29.9 Å². The highest BCUT2D eigenvalue weighted by Gasteiger charge is 2.09. The minimum Gasteiger partial charge on any atom is -0.464 e. The minimum atomic E-state index is 0.213. The maximum atomic E-state index is 9.58. The topological polar surface area (TPSA) is 33.4 Å². The van der Waals surface area contributed by atoms with Crippen molar-refractivity contribution in [3.8, 4) is 0 Å². The first-order chi connectivity index (χ1) is 10.4. The van der Waals surface area contributed by atoms with Gasteiger partial charge in [-0.05, 0) is 48.6 Å². The van der Waals surface area contributed by atoms with Gasteiger partial charge in [-0.15, -0.1) is 0 Å². The zero-order chi connectivity index (χ0) is 14.5. The molecule has 0 saturated heterocycles. The number of aliphatic hydroxyl groups is 1. The summed E-state index contributed by atoms with van der Waals surface area (Å²) in [4.78, 5) is 0. The van der Waals surface area contributed by atoms with Gasteiger partial charge in [-0.3, -0.25) is 0 Å². The Morgan fingerprint density at radius 3 is 2.67 bits per heavy atom. The Kier molecular flexibility index (Phi) is 4.37. The van der Waals surface area contributed by atoms with Crippen LogP contribution in [0.15, 0.2) is 65.3 Å². The molecular formula is C19H20O2. The highest BCUT2D eigenvalue weighted by atomic mass is 16.3. The van der Waals surface area contributed by atoms with Crippen LogP contribution in [0.3, 0.4) is 0 Å². The van der Waals surface area contributed by atoms with Gasteiger partial charge in [0, 0.05) is 17.9 Å². The van der Waals surface area contributed by atoms with Crippen molar-refractivity contribution in [2.24, 2.45) is 0 Å². The van der Waals surface area contributed by atoms with E-state index in [2.05, 4.69) is 24.3 Å². The predicted molar refractivity (Wildman–Crippen MR) is 85.4 cm³/mol. The number of fused-ring (bicyclic) bond motifs is 1.